The molecule has 1 aromatic rings. The second-order valence-electron chi connectivity index (χ2n) is 2.59. The number of rotatable bonds is 2. The van der Waals surface area contributed by atoms with Crippen LogP contribution in [0.2, 0.25) is 4.34 Å². The summed E-state index contributed by atoms with van der Waals surface area (Å²) in [6.45, 7) is 1.07. The summed E-state index contributed by atoms with van der Waals surface area (Å²) in [5.41, 5.74) is -1.93. The molecule has 0 bridgehead atoms. The second-order valence-corrected chi connectivity index (χ2v) is 4.13. The molecule has 68 valence electrons. The lowest BCUT2D eigenvalue weighted by Gasteiger charge is -2.20. The minimum atomic E-state index is -2.80. The fourth-order valence-electron chi connectivity index (χ4n) is 0.701. The molecule has 1 unspecified atom stereocenters. The van der Waals surface area contributed by atoms with Crippen molar-refractivity contribution < 1.29 is 13.9 Å². The van der Waals surface area contributed by atoms with Crippen molar-refractivity contribution in [2.45, 2.75) is 19.0 Å². The number of hydrogen-bond donors (Lipinski definition) is 1. The first-order valence-electron chi connectivity index (χ1n) is 3.19. The molecule has 12 heavy (non-hydrogen) atoms. The van der Waals surface area contributed by atoms with Crippen molar-refractivity contribution in [1.82, 2.24) is 0 Å². The normalized spacial score (nSPS) is 16.5. The Bertz CT molecular complexity index is 272. The Morgan fingerprint density at radius 3 is 2.58 bits per heavy atom. The third kappa shape index (κ3) is 1.76. The van der Waals surface area contributed by atoms with E-state index in [-0.39, 0.29) is 5.56 Å². The number of thiophene rings is 1. The summed E-state index contributed by atoms with van der Waals surface area (Å²) in [7, 11) is 0. The van der Waals surface area contributed by atoms with Gasteiger partial charge in [0.15, 0.2) is 0 Å². The predicted molar refractivity (Wildman–Crippen MR) is 44.9 cm³/mol. The zero-order chi connectivity index (χ0) is 9.35. The highest BCUT2D eigenvalue weighted by atomic mass is 35.5. The Balaban J connectivity index is 2.97. The lowest BCUT2D eigenvalue weighted by Crippen LogP contribution is -2.29. The topological polar surface area (TPSA) is 20.2 Å². The number of halogens is 3. The van der Waals surface area contributed by atoms with E-state index in [0.717, 1.165) is 18.3 Å². The molecule has 1 heterocycles. The van der Waals surface area contributed by atoms with Crippen molar-refractivity contribution >= 4 is 22.9 Å². The molecule has 0 aliphatic heterocycles. The molecule has 0 spiro atoms. The summed E-state index contributed by atoms with van der Waals surface area (Å²) >= 11 is 6.65. The number of aliphatic hydroxyl groups is 1. The fourth-order valence-corrected chi connectivity index (χ4v) is 1.69. The summed E-state index contributed by atoms with van der Waals surface area (Å²) in [6.07, 6.45) is -2.80. The summed E-state index contributed by atoms with van der Waals surface area (Å²) in [5.74, 6) is 0. The quantitative estimate of drug-likeness (QED) is 0.799. The maximum absolute atomic E-state index is 12.2. The van der Waals surface area contributed by atoms with Crippen LogP contribution in [0.15, 0.2) is 11.4 Å². The van der Waals surface area contributed by atoms with E-state index in [0.29, 0.717) is 4.34 Å². The lowest BCUT2D eigenvalue weighted by atomic mass is 10.0. The molecule has 1 rings (SSSR count). The van der Waals surface area contributed by atoms with Crippen LogP contribution < -0.4 is 0 Å². The maximum atomic E-state index is 12.2. The Hall–Kier alpha value is -0.190. The maximum Gasteiger partial charge on any atom is 0.270 e. The van der Waals surface area contributed by atoms with E-state index in [9.17, 15) is 13.9 Å². The predicted octanol–water partition coefficient (Wildman–Crippen LogP) is 2.87. The average molecular weight is 213 g/mol. The first kappa shape index (κ1) is 9.89. The van der Waals surface area contributed by atoms with Crippen molar-refractivity contribution in [1.29, 1.82) is 0 Å². The van der Waals surface area contributed by atoms with Crippen LogP contribution in [0.4, 0.5) is 8.78 Å². The minimum Gasteiger partial charge on any atom is -0.379 e. The van der Waals surface area contributed by atoms with Crippen LogP contribution >= 0.6 is 22.9 Å². The van der Waals surface area contributed by atoms with E-state index in [2.05, 4.69) is 0 Å². The van der Waals surface area contributed by atoms with E-state index in [4.69, 9.17) is 11.6 Å². The van der Waals surface area contributed by atoms with Crippen molar-refractivity contribution in [3.8, 4) is 0 Å². The van der Waals surface area contributed by atoms with Gasteiger partial charge in [-0.25, -0.2) is 8.78 Å². The number of alkyl halides is 2. The van der Waals surface area contributed by atoms with Gasteiger partial charge in [-0.2, -0.15) is 0 Å². The van der Waals surface area contributed by atoms with Gasteiger partial charge in [-0.15, -0.1) is 11.3 Å². The monoisotopic (exact) mass is 212 g/mol. The molecule has 0 aromatic carbocycles. The van der Waals surface area contributed by atoms with Crippen molar-refractivity contribution in [2.24, 2.45) is 0 Å². The molecule has 0 radical (unpaired) electrons. The SMILES string of the molecule is CC(O)(c1csc(Cl)c1)C(F)F. The number of hydrogen-bond acceptors (Lipinski definition) is 2. The fraction of sp³-hybridized carbons (Fsp3) is 0.429. The molecule has 1 aromatic heterocycles. The smallest absolute Gasteiger partial charge is 0.270 e. The summed E-state index contributed by atoms with van der Waals surface area (Å²) in [6, 6.07) is 1.35. The molecule has 1 N–H and O–H groups in total. The summed E-state index contributed by atoms with van der Waals surface area (Å²) in [4.78, 5) is 0. The highest BCUT2D eigenvalue weighted by Gasteiger charge is 2.34. The van der Waals surface area contributed by atoms with Crippen molar-refractivity contribution in [3.63, 3.8) is 0 Å². The van der Waals surface area contributed by atoms with Crippen LogP contribution in [-0.2, 0) is 5.60 Å². The van der Waals surface area contributed by atoms with Crippen LogP contribution in [0.3, 0.4) is 0 Å². The van der Waals surface area contributed by atoms with Gasteiger partial charge < -0.3 is 5.11 Å². The molecular weight excluding hydrogens is 206 g/mol. The van der Waals surface area contributed by atoms with Crippen LogP contribution in [0, 0.1) is 0 Å². The molecule has 0 saturated carbocycles. The van der Waals surface area contributed by atoms with Gasteiger partial charge >= 0.3 is 0 Å². The van der Waals surface area contributed by atoms with Crippen molar-refractivity contribution in [2.75, 3.05) is 0 Å². The zero-order valence-corrected chi connectivity index (χ0v) is 7.79. The molecule has 0 aliphatic rings. The highest BCUT2D eigenvalue weighted by molar-refractivity contribution is 7.14. The lowest BCUT2D eigenvalue weighted by molar-refractivity contribution is -0.0880. The van der Waals surface area contributed by atoms with Gasteiger partial charge in [0, 0.05) is 5.56 Å². The molecular formula is C7H7ClF2OS. The van der Waals surface area contributed by atoms with E-state index in [1.54, 1.807) is 0 Å². The average Bonchev–Trinajstić information content (AvgIpc) is 2.35. The summed E-state index contributed by atoms with van der Waals surface area (Å²) < 4.78 is 24.8. The second kappa shape index (κ2) is 3.28. The van der Waals surface area contributed by atoms with Gasteiger partial charge in [-0.1, -0.05) is 11.6 Å². The Morgan fingerprint density at radius 2 is 2.25 bits per heavy atom. The Kier molecular flexibility index (Phi) is 2.70. The van der Waals surface area contributed by atoms with E-state index in [1.807, 2.05) is 0 Å². The Morgan fingerprint density at radius 1 is 1.67 bits per heavy atom. The third-order valence-corrected chi connectivity index (χ3v) is 2.67. The van der Waals surface area contributed by atoms with Gasteiger partial charge in [-0.3, -0.25) is 0 Å². The first-order valence-corrected chi connectivity index (χ1v) is 4.45. The van der Waals surface area contributed by atoms with Gasteiger partial charge in [-0.05, 0) is 18.4 Å². The highest BCUT2D eigenvalue weighted by Crippen LogP contribution is 2.32. The van der Waals surface area contributed by atoms with Crippen LogP contribution in [0.1, 0.15) is 12.5 Å². The standard InChI is InChI=1S/C7H7ClF2OS/c1-7(11,6(9)10)4-2-5(8)12-3-4/h2-3,6,11H,1H3. The molecule has 0 aliphatic carbocycles. The molecule has 0 amide bonds. The van der Waals surface area contributed by atoms with E-state index in [1.165, 1.54) is 11.4 Å². The Labute approximate surface area is 77.6 Å². The largest absolute Gasteiger partial charge is 0.379 e. The molecule has 0 fully saturated rings. The molecule has 1 nitrogen and oxygen atoms in total. The van der Waals surface area contributed by atoms with Gasteiger partial charge in [0.05, 0.1) is 4.34 Å². The first-order chi connectivity index (χ1) is 5.44. The van der Waals surface area contributed by atoms with E-state index >= 15 is 0 Å². The van der Waals surface area contributed by atoms with Gasteiger partial charge in [0.2, 0.25) is 0 Å². The van der Waals surface area contributed by atoms with Crippen LogP contribution in [0.5, 0.6) is 0 Å². The zero-order valence-electron chi connectivity index (χ0n) is 6.22. The molecule has 1 atom stereocenters. The van der Waals surface area contributed by atoms with Gasteiger partial charge in [0.25, 0.3) is 6.43 Å². The van der Waals surface area contributed by atoms with Crippen LogP contribution in [0.25, 0.3) is 0 Å². The molecule has 0 saturated heterocycles. The van der Waals surface area contributed by atoms with Crippen molar-refractivity contribution in [3.05, 3.63) is 21.3 Å². The minimum absolute atomic E-state index is 0.160. The van der Waals surface area contributed by atoms with Gasteiger partial charge in [0.1, 0.15) is 5.60 Å². The van der Waals surface area contributed by atoms with Crippen LogP contribution in [-0.4, -0.2) is 11.5 Å². The molecule has 5 heteroatoms. The third-order valence-electron chi connectivity index (χ3n) is 1.58. The summed E-state index contributed by atoms with van der Waals surface area (Å²) in [5, 5.41) is 10.7. The van der Waals surface area contributed by atoms with E-state index < -0.39 is 12.0 Å².